The van der Waals surface area contributed by atoms with Gasteiger partial charge in [-0.1, -0.05) is 0 Å². The molecule has 3 rings (SSSR count). The van der Waals surface area contributed by atoms with Crippen molar-refractivity contribution in [2.24, 2.45) is 0 Å². The van der Waals surface area contributed by atoms with Crippen molar-refractivity contribution in [2.75, 3.05) is 39.4 Å². The largest absolute Gasteiger partial charge is 0.454 e. The summed E-state index contributed by atoms with van der Waals surface area (Å²) in [5.41, 5.74) is -1.36. The Labute approximate surface area is 164 Å². The molecule has 160 valence electrons. The molecule has 1 N–H and O–H groups in total. The number of rotatable bonds is 9. The fourth-order valence-corrected chi connectivity index (χ4v) is 3.01. The van der Waals surface area contributed by atoms with E-state index in [1.54, 1.807) is 0 Å². The number of hydrogen-bond donors (Lipinski definition) is 1. The molecular weight excluding hydrogens is 396 g/mol. The van der Waals surface area contributed by atoms with Crippen molar-refractivity contribution >= 4 is 5.91 Å². The summed E-state index contributed by atoms with van der Waals surface area (Å²) in [6, 6.07) is 3.51. The Hall–Kier alpha value is -2.40. The number of morpholine rings is 1. The Morgan fingerprint density at radius 2 is 1.93 bits per heavy atom. The molecule has 11 heteroatoms. The van der Waals surface area contributed by atoms with Crippen molar-refractivity contribution in [2.45, 2.75) is 25.8 Å². The summed E-state index contributed by atoms with van der Waals surface area (Å²) in [5, 5.41) is 6.23. The van der Waals surface area contributed by atoms with Crippen LogP contribution in [-0.2, 0) is 11.3 Å². The number of nitrogens with one attached hydrogen (secondary N) is 1. The summed E-state index contributed by atoms with van der Waals surface area (Å²) in [7, 11) is 0. The number of halogens is 4. The van der Waals surface area contributed by atoms with Gasteiger partial charge in [-0.2, -0.15) is 5.10 Å². The molecule has 29 heavy (non-hydrogen) atoms. The Morgan fingerprint density at radius 3 is 2.62 bits per heavy atom. The molecule has 1 amide bonds. The van der Waals surface area contributed by atoms with Crippen molar-refractivity contribution in [1.82, 2.24) is 20.0 Å². The van der Waals surface area contributed by atoms with Gasteiger partial charge in [0.05, 0.1) is 19.8 Å². The average molecular weight is 418 g/mol. The van der Waals surface area contributed by atoms with Gasteiger partial charge in [0.25, 0.3) is 18.8 Å². The molecule has 1 aliphatic rings. The highest BCUT2D eigenvalue weighted by Gasteiger charge is 2.22. The van der Waals surface area contributed by atoms with E-state index in [0.717, 1.165) is 30.7 Å². The van der Waals surface area contributed by atoms with Gasteiger partial charge in [0.15, 0.2) is 5.76 Å². The standard InChI is InChI=1S/C18H22F4N4O3/c19-16(20)13-10-14(17(21)22)26(24-13)11-12-2-3-15(29-12)18(27)23-4-1-5-25-6-8-28-9-7-25/h2-3,10,16-17H,1,4-9,11H2,(H,23,27). The van der Waals surface area contributed by atoms with E-state index in [9.17, 15) is 22.4 Å². The first-order chi connectivity index (χ1) is 13.9. The summed E-state index contributed by atoms with van der Waals surface area (Å²) in [5.74, 6) is -0.249. The van der Waals surface area contributed by atoms with Gasteiger partial charge in [0.2, 0.25) is 0 Å². The minimum atomic E-state index is -2.96. The van der Waals surface area contributed by atoms with Crippen molar-refractivity contribution in [3.05, 3.63) is 41.1 Å². The van der Waals surface area contributed by atoms with Crippen LogP contribution in [0.3, 0.4) is 0 Å². The molecule has 1 aliphatic heterocycles. The van der Waals surface area contributed by atoms with Crippen LogP contribution < -0.4 is 5.32 Å². The number of ether oxygens (including phenoxy) is 1. The van der Waals surface area contributed by atoms with Gasteiger partial charge in [-0.15, -0.1) is 0 Å². The van der Waals surface area contributed by atoms with E-state index in [2.05, 4.69) is 15.3 Å². The third-order valence-corrected chi connectivity index (χ3v) is 4.51. The first kappa shape index (κ1) is 21.3. The number of furan rings is 1. The third-order valence-electron chi connectivity index (χ3n) is 4.51. The zero-order chi connectivity index (χ0) is 20.8. The topological polar surface area (TPSA) is 72.5 Å². The second-order valence-electron chi connectivity index (χ2n) is 6.58. The average Bonchev–Trinajstić information content (AvgIpc) is 3.34. The van der Waals surface area contributed by atoms with E-state index in [4.69, 9.17) is 9.15 Å². The van der Waals surface area contributed by atoms with Crippen molar-refractivity contribution in [1.29, 1.82) is 0 Å². The summed E-state index contributed by atoms with van der Waals surface area (Å²) in [6.07, 6.45) is -5.15. The Morgan fingerprint density at radius 1 is 1.17 bits per heavy atom. The molecule has 0 saturated carbocycles. The van der Waals surface area contributed by atoms with Gasteiger partial charge < -0.3 is 14.5 Å². The number of alkyl halides is 4. The van der Waals surface area contributed by atoms with E-state index in [-0.39, 0.29) is 18.1 Å². The molecule has 0 aliphatic carbocycles. The van der Waals surface area contributed by atoms with Crippen LogP contribution in [0.1, 0.15) is 47.0 Å². The maximum atomic E-state index is 13.0. The van der Waals surface area contributed by atoms with Gasteiger partial charge >= 0.3 is 0 Å². The monoisotopic (exact) mass is 418 g/mol. The van der Waals surface area contributed by atoms with Crippen LogP contribution in [0.15, 0.2) is 22.6 Å². The molecule has 2 aromatic rings. The first-order valence-corrected chi connectivity index (χ1v) is 9.25. The van der Waals surface area contributed by atoms with E-state index in [1.807, 2.05) is 0 Å². The lowest BCUT2D eigenvalue weighted by molar-refractivity contribution is 0.0374. The maximum Gasteiger partial charge on any atom is 0.286 e. The highest BCUT2D eigenvalue weighted by molar-refractivity contribution is 5.91. The predicted octanol–water partition coefficient (Wildman–Crippen LogP) is 2.85. The molecule has 1 fully saturated rings. The van der Waals surface area contributed by atoms with Crippen LogP contribution in [0.25, 0.3) is 0 Å². The number of amides is 1. The van der Waals surface area contributed by atoms with E-state index >= 15 is 0 Å². The zero-order valence-electron chi connectivity index (χ0n) is 15.6. The molecule has 1 saturated heterocycles. The van der Waals surface area contributed by atoms with Crippen LogP contribution in [-0.4, -0.2) is 60.0 Å². The predicted molar refractivity (Wildman–Crippen MR) is 94.2 cm³/mol. The second-order valence-corrected chi connectivity index (χ2v) is 6.58. The molecule has 0 radical (unpaired) electrons. The van der Waals surface area contributed by atoms with Gasteiger partial charge in [-0.3, -0.25) is 14.4 Å². The first-order valence-electron chi connectivity index (χ1n) is 9.25. The van der Waals surface area contributed by atoms with Crippen LogP contribution >= 0.6 is 0 Å². The van der Waals surface area contributed by atoms with E-state index in [1.165, 1.54) is 12.1 Å². The lowest BCUT2D eigenvalue weighted by Crippen LogP contribution is -2.38. The number of aromatic nitrogens is 2. The van der Waals surface area contributed by atoms with Gasteiger partial charge in [-0.25, -0.2) is 17.6 Å². The van der Waals surface area contributed by atoms with E-state index < -0.39 is 30.1 Å². The summed E-state index contributed by atoms with van der Waals surface area (Å²) < 4.78 is 62.9. The molecule has 0 atom stereocenters. The smallest absolute Gasteiger partial charge is 0.286 e. The number of hydrogen-bond acceptors (Lipinski definition) is 5. The minimum Gasteiger partial charge on any atom is -0.454 e. The number of carbonyl (C=O) groups excluding carboxylic acids is 1. The highest BCUT2D eigenvalue weighted by Crippen LogP contribution is 2.26. The Bertz CT molecular complexity index is 803. The SMILES string of the molecule is O=C(NCCCN1CCOCC1)c1ccc(Cn2nc(C(F)F)cc2C(F)F)o1. The third kappa shape index (κ3) is 5.80. The van der Waals surface area contributed by atoms with Crippen LogP contribution in [0.5, 0.6) is 0 Å². The minimum absolute atomic E-state index is 0.0196. The molecule has 0 unspecified atom stereocenters. The quantitative estimate of drug-likeness (QED) is 0.501. The fraction of sp³-hybridized carbons (Fsp3) is 0.556. The molecule has 7 nitrogen and oxygen atoms in total. The Kier molecular flexibility index (Phi) is 7.26. The van der Waals surface area contributed by atoms with Crippen LogP contribution in [0.4, 0.5) is 17.6 Å². The lowest BCUT2D eigenvalue weighted by atomic mass is 10.3. The normalized spacial score (nSPS) is 15.4. The second kappa shape index (κ2) is 9.88. The van der Waals surface area contributed by atoms with E-state index in [0.29, 0.717) is 25.8 Å². The maximum absolute atomic E-state index is 13.0. The summed E-state index contributed by atoms with van der Waals surface area (Å²) >= 11 is 0. The van der Waals surface area contributed by atoms with Crippen molar-refractivity contribution in [3.63, 3.8) is 0 Å². The van der Waals surface area contributed by atoms with Crippen LogP contribution in [0.2, 0.25) is 0 Å². The summed E-state index contributed by atoms with van der Waals surface area (Å²) in [6.45, 7) is 4.19. The summed E-state index contributed by atoms with van der Waals surface area (Å²) in [4.78, 5) is 14.4. The molecular formula is C18H22F4N4O3. The molecule has 0 bridgehead atoms. The fourth-order valence-electron chi connectivity index (χ4n) is 3.01. The number of carbonyl (C=O) groups is 1. The van der Waals surface area contributed by atoms with Gasteiger partial charge in [0, 0.05) is 19.6 Å². The molecule has 0 spiro atoms. The van der Waals surface area contributed by atoms with Crippen molar-refractivity contribution in [3.8, 4) is 0 Å². The number of nitrogens with zero attached hydrogens (tertiary/aromatic N) is 3. The molecule has 3 heterocycles. The zero-order valence-corrected chi connectivity index (χ0v) is 15.6. The van der Waals surface area contributed by atoms with Gasteiger partial charge in [-0.05, 0) is 31.2 Å². The Balaban J connectivity index is 1.51. The van der Waals surface area contributed by atoms with Crippen molar-refractivity contribution < 1.29 is 31.5 Å². The lowest BCUT2D eigenvalue weighted by Gasteiger charge is -2.26. The highest BCUT2D eigenvalue weighted by atomic mass is 19.3. The molecule has 2 aromatic heterocycles. The molecule has 0 aromatic carbocycles. The van der Waals surface area contributed by atoms with Gasteiger partial charge in [0.1, 0.15) is 17.1 Å². The van der Waals surface area contributed by atoms with Crippen LogP contribution in [0, 0.1) is 0 Å².